The molecule has 0 radical (unpaired) electrons. The Hall–Kier alpha value is -2.03. The number of nitrogens with zero attached hydrogens (tertiary/aromatic N) is 1. The summed E-state index contributed by atoms with van der Waals surface area (Å²) in [7, 11) is 0. The van der Waals surface area contributed by atoms with Crippen molar-refractivity contribution in [1.82, 2.24) is 4.98 Å². The number of hydrogen-bond acceptors (Lipinski definition) is 3. The fraction of sp³-hybridized carbons (Fsp3) is 0.476. The molecule has 0 bridgehead atoms. The first-order chi connectivity index (χ1) is 11.5. The molecule has 1 aromatic carbocycles. The number of aryl methyl sites for hydroxylation is 2. The molecular weight excluding hydrogens is 296 g/mol. The van der Waals surface area contributed by atoms with Crippen LogP contribution < -0.4 is 10.1 Å². The third-order valence-electron chi connectivity index (χ3n) is 4.16. The van der Waals surface area contributed by atoms with E-state index in [1.807, 2.05) is 19.2 Å². The van der Waals surface area contributed by atoms with Crippen molar-refractivity contribution >= 4 is 5.82 Å². The van der Waals surface area contributed by atoms with Crippen LogP contribution in [0.3, 0.4) is 0 Å². The number of rotatable bonds is 8. The van der Waals surface area contributed by atoms with Crippen LogP contribution in [-0.4, -0.2) is 11.6 Å². The molecule has 2 aromatic rings. The maximum Gasteiger partial charge on any atom is 0.126 e. The molecule has 130 valence electrons. The van der Waals surface area contributed by atoms with Crippen LogP contribution in [0.15, 0.2) is 36.5 Å². The van der Waals surface area contributed by atoms with Gasteiger partial charge in [0.15, 0.2) is 0 Å². The molecule has 1 heterocycles. The second kappa shape index (κ2) is 8.72. The van der Waals surface area contributed by atoms with Crippen molar-refractivity contribution in [2.45, 2.75) is 53.5 Å². The molecule has 0 aliphatic heterocycles. The summed E-state index contributed by atoms with van der Waals surface area (Å²) < 4.78 is 5.89. The Bertz CT molecular complexity index is 652. The van der Waals surface area contributed by atoms with Gasteiger partial charge in [-0.15, -0.1) is 0 Å². The van der Waals surface area contributed by atoms with Gasteiger partial charge in [0.1, 0.15) is 11.6 Å². The second-order valence-corrected chi connectivity index (χ2v) is 6.63. The Labute approximate surface area is 146 Å². The van der Waals surface area contributed by atoms with Crippen LogP contribution in [0.1, 0.15) is 56.8 Å². The van der Waals surface area contributed by atoms with Crippen LogP contribution >= 0.6 is 0 Å². The monoisotopic (exact) mass is 326 g/mol. The first kappa shape index (κ1) is 18.3. The van der Waals surface area contributed by atoms with Gasteiger partial charge in [0.25, 0.3) is 0 Å². The van der Waals surface area contributed by atoms with Gasteiger partial charge in [-0.3, -0.25) is 0 Å². The lowest BCUT2D eigenvalue weighted by Crippen LogP contribution is -2.18. The first-order valence-corrected chi connectivity index (χ1v) is 9.00. The topological polar surface area (TPSA) is 34.2 Å². The minimum atomic E-state index is 0.203. The molecular formula is C21H30N2O. The molecule has 3 heteroatoms. The summed E-state index contributed by atoms with van der Waals surface area (Å²) >= 11 is 0. The van der Waals surface area contributed by atoms with E-state index in [-0.39, 0.29) is 6.04 Å². The molecule has 0 saturated carbocycles. The van der Waals surface area contributed by atoms with Gasteiger partial charge in [-0.1, -0.05) is 39.3 Å². The summed E-state index contributed by atoms with van der Waals surface area (Å²) in [6.07, 6.45) is 4.03. The van der Waals surface area contributed by atoms with Crippen LogP contribution in [0.2, 0.25) is 0 Å². The quantitative estimate of drug-likeness (QED) is 0.690. The fourth-order valence-electron chi connectivity index (χ4n) is 2.94. The number of nitrogens with one attached hydrogen (secondary N) is 1. The van der Waals surface area contributed by atoms with Crippen molar-refractivity contribution in [2.24, 2.45) is 5.92 Å². The van der Waals surface area contributed by atoms with Crippen LogP contribution in [0, 0.1) is 12.8 Å². The highest BCUT2D eigenvalue weighted by Crippen LogP contribution is 2.31. The summed E-state index contributed by atoms with van der Waals surface area (Å²) in [6, 6.07) is 10.9. The van der Waals surface area contributed by atoms with Gasteiger partial charge >= 0.3 is 0 Å². The Balaban J connectivity index is 2.31. The molecule has 0 amide bonds. The Morgan fingerprint density at radius 3 is 2.54 bits per heavy atom. The zero-order valence-electron chi connectivity index (χ0n) is 15.6. The lowest BCUT2D eigenvalue weighted by atomic mass is 9.94. The van der Waals surface area contributed by atoms with Gasteiger partial charge in [0, 0.05) is 6.20 Å². The highest BCUT2D eigenvalue weighted by atomic mass is 16.5. The zero-order valence-corrected chi connectivity index (χ0v) is 15.6. The van der Waals surface area contributed by atoms with Gasteiger partial charge < -0.3 is 10.1 Å². The van der Waals surface area contributed by atoms with Crippen LogP contribution in [0.4, 0.5) is 5.82 Å². The molecule has 1 N–H and O–H groups in total. The van der Waals surface area contributed by atoms with Gasteiger partial charge in [-0.05, 0) is 61.1 Å². The number of pyridine rings is 1. The molecule has 1 unspecified atom stereocenters. The molecule has 0 saturated heterocycles. The standard InChI is InChI=1S/C21H30N2O/c1-6-8-17-9-10-18(14-19(17)24-7-2)21(15(3)4)23-20-13-16(5)11-12-22-20/h9-15,21H,6-8H2,1-5H3,(H,22,23). The predicted molar refractivity (Wildman–Crippen MR) is 102 cm³/mol. The molecule has 0 aliphatic carbocycles. The summed E-state index contributed by atoms with van der Waals surface area (Å²) in [5.74, 6) is 2.38. The van der Waals surface area contributed by atoms with E-state index in [0.717, 1.165) is 24.4 Å². The molecule has 3 nitrogen and oxygen atoms in total. The van der Waals surface area contributed by atoms with E-state index in [4.69, 9.17) is 4.74 Å². The average molecular weight is 326 g/mol. The molecule has 0 fully saturated rings. The third kappa shape index (κ3) is 4.73. The Morgan fingerprint density at radius 1 is 1.12 bits per heavy atom. The summed E-state index contributed by atoms with van der Waals surface area (Å²) in [5.41, 5.74) is 3.75. The minimum absolute atomic E-state index is 0.203. The largest absolute Gasteiger partial charge is 0.494 e. The van der Waals surface area contributed by atoms with E-state index in [1.165, 1.54) is 16.7 Å². The zero-order chi connectivity index (χ0) is 17.5. The summed E-state index contributed by atoms with van der Waals surface area (Å²) in [6.45, 7) is 11.5. The fourth-order valence-corrected chi connectivity index (χ4v) is 2.94. The predicted octanol–water partition coefficient (Wildman–Crippen LogP) is 5.55. The van der Waals surface area contributed by atoms with Gasteiger partial charge in [-0.25, -0.2) is 4.98 Å². The van der Waals surface area contributed by atoms with Gasteiger partial charge in [0.2, 0.25) is 0 Å². The molecule has 0 aliphatic rings. The number of hydrogen-bond donors (Lipinski definition) is 1. The molecule has 0 spiro atoms. The maximum absolute atomic E-state index is 5.89. The minimum Gasteiger partial charge on any atom is -0.494 e. The molecule has 1 atom stereocenters. The van der Waals surface area contributed by atoms with E-state index in [1.54, 1.807) is 0 Å². The van der Waals surface area contributed by atoms with Crippen LogP contribution in [-0.2, 0) is 6.42 Å². The SMILES string of the molecule is CCCc1ccc(C(Nc2cc(C)ccn2)C(C)C)cc1OCC. The van der Waals surface area contributed by atoms with Crippen molar-refractivity contribution in [3.63, 3.8) is 0 Å². The van der Waals surface area contributed by atoms with Crippen molar-refractivity contribution in [2.75, 3.05) is 11.9 Å². The lowest BCUT2D eigenvalue weighted by Gasteiger charge is -2.25. The first-order valence-electron chi connectivity index (χ1n) is 9.00. The van der Waals surface area contributed by atoms with E-state index in [2.05, 4.69) is 62.3 Å². The molecule has 24 heavy (non-hydrogen) atoms. The number of ether oxygens (including phenoxy) is 1. The van der Waals surface area contributed by atoms with Gasteiger partial charge in [-0.2, -0.15) is 0 Å². The van der Waals surface area contributed by atoms with E-state index in [9.17, 15) is 0 Å². The Morgan fingerprint density at radius 2 is 1.92 bits per heavy atom. The van der Waals surface area contributed by atoms with Crippen molar-refractivity contribution in [1.29, 1.82) is 0 Å². The molecule has 1 aromatic heterocycles. The van der Waals surface area contributed by atoms with Gasteiger partial charge in [0.05, 0.1) is 12.6 Å². The summed E-state index contributed by atoms with van der Waals surface area (Å²) in [5, 5.41) is 3.59. The molecule has 2 rings (SSSR count). The second-order valence-electron chi connectivity index (χ2n) is 6.63. The van der Waals surface area contributed by atoms with Crippen molar-refractivity contribution < 1.29 is 4.74 Å². The van der Waals surface area contributed by atoms with Crippen molar-refractivity contribution in [3.05, 3.63) is 53.2 Å². The smallest absolute Gasteiger partial charge is 0.126 e. The number of benzene rings is 1. The number of aromatic nitrogens is 1. The number of anilines is 1. The highest BCUT2D eigenvalue weighted by Gasteiger charge is 2.18. The van der Waals surface area contributed by atoms with Crippen LogP contribution in [0.25, 0.3) is 0 Å². The average Bonchev–Trinajstić information content (AvgIpc) is 2.54. The lowest BCUT2D eigenvalue weighted by molar-refractivity contribution is 0.335. The maximum atomic E-state index is 5.89. The normalized spacial score (nSPS) is 12.2. The van der Waals surface area contributed by atoms with Crippen LogP contribution in [0.5, 0.6) is 5.75 Å². The van der Waals surface area contributed by atoms with E-state index < -0.39 is 0 Å². The summed E-state index contributed by atoms with van der Waals surface area (Å²) in [4.78, 5) is 4.45. The Kier molecular flexibility index (Phi) is 6.65. The van der Waals surface area contributed by atoms with E-state index in [0.29, 0.717) is 12.5 Å². The van der Waals surface area contributed by atoms with Crippen molar-refractivity contribution in [3.8, 4) is 5.75 Å². The third-order valence-corrected chi connectivity index (χ3v) is 4.16. The highest BCUT2D eigenvalue weighted by molar-refractivity contribution is 5.44. The van der Waals surface area contributed by atoms with E-state index >= 15 is 0 Å².